The molecule has 0 saturated carbocycles. The first-order valence-electron chi connectivity index (χ1n) is 7.27. The minimum Gasteiger partial charge on any atom is -0.459 e. The van der Waals surface area contributed by atoms with Crippen LogP contribution in [0.25, 0.3) is 0 Å². The van der Waals surface area contributed by atoms with Gasteiger partial charge in [0, 0.05) is 19.7 Å². The van der Waals surface area contributed by atoms with E-state index in [9.17, 15) is 4.39 Å². The number of rotatable bonds is 7. The topological polar surface area (TPSA) is 24.8 Å². The smallest absolute Gasteiger partial charge is 0.161 e. The van der Waals surface area contributed by atoms with Gasteiger partial charge in [0.2, 0.25) is 0 Å². The normalized spacial score (nSPS) is 12.6. The van der Waals surface area contributed by atoms with Gasteiger partial charge in [0.1, 0.15) is 11.5 Å². The Morgan fingerprint density at radius 3 is 2.78 bits per heavy atom. The lowest BCUT2D eigenvalue weighted by molar-refractivity contribution is 0.400. The Labute approximate surface area is 142 Å². The molecule has 0 amide bonds. The summed E-state index contributed by atoms with van der Waals surface area (Å²) in [6.07, 6.45) is 6.00. The average Bonchev–Trinajstić information content (AvgIpc) is 2.53. The van der Waals surface area contributed by atoms with Crippen molar-refractivity contribution in [1.29, 1.82) is 0 Å². The zero-order valence-corrected chi connectivity index (χ0v) is 14.7. The number of ether oxygens (including phenoxy) is 1. The molecule has 0 spiro atoms. The molecule has 23 heavy (non-hydrogen) atoms. The molecule has 0 fully saturated rings. The van der Waals surface area contributed by atoms with Gasteiger partial charge < -0.3 is 9.64 Å². The maximum absolute atomic E-state index is 13.8. The van der Waals surface area contributed by atoms with Crippen molar-refractivity contribution < 1.29 is 9.13 Å². The van der Waals surface area contributed by atoms with Gasteiger partial charge in [0.15, 0.2) is 5.83 Å². The van der Waals surface area contributed by atoms with Crippen molar-refractivity contribution >= 4 is 23.6 Å². The molecular weight excluding hydrogens is 315 g/mol. The van der Waals surface area contributed by atoms with E-state index in [0.29, 0.717) is 16.5 Å². The van der Waals surface area contributed by atoms with Crippen LogP contribution in [0.5, 0.6) is 5.75 Å². The molecular formula is C18H22ClFN2O. The van der Waals surface area contributed by atoms with Crippen molar-refractivity contribution in [3.63, 3.8) is 0 Å². The van der Waals surface area contributed by atoms with E-state index in [1.54, 1.807) is 19.3 Å². The highest BCUT2D eigenvalue weighted by Crippen LogP contribution is 2.33. The molecule has 0 N–H and O–H groups in total. The molecule has 0 bridgehead atoms. The van der Waals surface area contributed by atoms with E-state index in [0.717, 1.165) is 12.1 Å². The van der Waals surface area contributed by atoms with Crippen molar-refractivity contribution in [3.05, 3.63) is 59.1 Å². The second-order valence-corrected chi connectivity index (χ2v) is 5.40. The van der Waals surface area contributed by atoms with E-state index in [-0.39, 0.29) is 5.76 Å². The number of benzene rings is 1. The van der Waals surface area contributed by atoms with Gasteiger partial charge in [-0.25, -0.2) is 9.38 Å². The van der Waals surface area contributed by atoms with Crippen LogP contribution in [0.3, 0.4) is 0 Å². The van der Waals surface area contributed by atoms with Crippen LogP contribution in [0.2, 0.25) is 5.02 Å². The van der Waals surface area contributed by atoms with Crippen molar-refractivity contribution in [1.82, 2.24) is 4.90 Å². The monoisotopic (exact) mass is 336 g/mol. The van der Waals surface area contributed by atoms with Gasteiger partial charge >= 0.3 is 0 Å². The van der Waals surface area contributed by atoms with Gasteiger partial charge in [-0.15, -0.1) is 0 Å². The predicted molar refractivity (Wildman–Crippen MR) is 96.4 cm³/mol. The number of aliphatic imine (C=N–C) groups is 1. The first-order valence-corrected chi connectivity index (χ1v) is 7.64. The van der Waals surface area contributed by atoms with Gasteiger partial charge in [0.25, 0.3) is 0 Å². The minimum atomic E-state index is -0.466. The SMILES string of the molecule is C=C/C=C\C(F)=C(/C)Oc1cc(Cl)c(N=CN(C)CC)cc1C. The summed E-state index contributed by atoms with van der Waals surface area (Å²) in [5, 5.41) is 0.446. The first-order chi connectivity index (χ1) is 10.9. The molecule has 0 aliphatic rings. The van der Waals surface area contributed by atoms with E-state index in [4.69, 9.17) is 16.3 Å². The van der Waals surface area contributed by atoms with E-state index in [1.165, 1.54) is 18.2 Å². The van der Waals surface area contributed by atoms with E-state index < -0.39 is 5.83 Å². The standard InChI is InChI=1S/C18H22ClFN2O/c1-6-8-9-16(20)14(4)23-18-11-15(19)17(10-13(18)3)21-12-22(5)7-2/h6,8-12H,1,7H2,2-5H3/b9-8-,16-14-,21-12?. The Morgan fingerprint density at radius 1 is 1.48 bits per heavy atom. The maximum Gasteiger partial charge on any atom is 0.161 e. The van der Waals surface area contributed by atoms with Crippen LogP contribution in [-0.4, -0.2) is 24.8 Å². The summed E-state index contributed by atoms with van der Waals surface area (Å²) in [7, 11) is 1.93. The van der Waals surface area contributed by atoms with Crippen LogP contribution in [0.1, 0.15) is 19.4 Å². The number of nitrogens with zero attached hydrogens (tertiary/aromatic N) is 2. The van der Waals surface area contributed by atoms with Gasteiger partial charge in [0.05, 0.1) is 17.0 Å². The Hall–Kier alpha value is -2.07. The average molecular weight is 337 g/mol. The fraction of sp³-hybridized carbons (Fsp3) is 0.278. The van der Waals surface area contributed by atoms with Gasteiger partial charge in [-0.3, -0.25) is 0 Å². The second kappa shape index (κ2) is 9.16. The summed E-state index contributed by atoms with van der Waals surface area (Å²) >= 11 is 6.23. The fourth-order valence-electron chi connectivity index (χ4n) is 1.58. The molecule has 0 atom stereocenters. The first kappa shape index (κ1) is 19.0. The molecule has 1 aromatic rings. The minimum absolute atomic E-state index is 0.157. The lowest BCUT2D eigenvalue weighted by atomic mass is 10.2. The summed E-state index contributed by atoms with van der Waals surface area (Å²) in [6, 6.07) is 3.45. The third-order valence-corrected chi connectivity index (χ3v) is 3.42. The van der Waals surface area contributed by atoms with Crippen LogP contribution in [0, 0.1) is 6.92 Å². The number of hydrogen-bond donors (Lipinski definition) is 0. The van der Waals surface area contributed by atoms with Crippen LogP contribution in [0.4, 0.5) is 10.1 Å². The molecule has 0 radical (unpaired) electrons. The molecule has 124 valence electrons. The van der Waals surface area contributed by atoms with Crippen molar-refractivity contribution in [2.45, 2.75) is 20.8 Å². The number of hydrogen-bond acceptors (Lipinski definition) is 2. The van der Waals surface area contributed by atoms with Crippen LogP contribution in [-0.2, 0) is 0 Å². The van der Waals surface area contributed by atoms with E-state index >= 15 is 0 Å². The highest BCUT2D eigenvalue weighted by molar-refractivity contribution is 6.33. The highest BCUT2D eigenvalue weighted by atomic mass is 35.5. The Morgan fingerprint density at radius 2 is 2.17 bits per heavy atom. The quantitative estimate of drug-likeness (QED) is 0.281. The summed E-state index contributed by atoms with van der Waals surface area (Å²) < 4.78 is 19.3. The molecule has 1 rings (SSSR count). The summed E-state index contributed by atoms with van der Waals surface area (Å²) in [6.45, 7) is 9.79. The zero-order chi connectivity index (χ0) is 17.4. The number of aryl methyl sites for hydroxylation is 1. The molecule has 3 nitrogen and oxygen atoms in total. The van der Waals surface area contributed by atoms with Gasteiger partial charge in [-0.2, -0.15) is 0 Å². The van der Waals surface area contributed by atoms with Crippen molar-refractivity contribution in [2.24, 2.45) is 4.99 Å². The predicted octanol–water partition coefficient (Wildman–Crippen LogP) is 5.58. The molecule has 0 aliphatic carbocycles. The summed E-state index contributed by atoms with van der Waals surface area (Å²) in [5.41, 5.74) is 1.46. The number of halogens is 2. The largest absolute Gasteiger partial charge is 0.459 e. The highest BCUT2D eigenvalue weighted by Gasteiger charge is 2.09. The molecule has 0 unspecified atom stereocenters. The third kappa shape index (κ3) is 5.91. The van der Waals surface area contributed by atoms with E-state index in [2.05, 4.69) is 11.6 Å². The van der Waals surface area contributed by atoms with Crippen LogP contribution in [0.15, 0.2) is 53.5 Å². The molecule has 5 heteroatoms. The summed E-state index contributed by atoms with van der Waals surface area (Å²) in [4.78, 5) is 6.27. The fourth-order valence-corrected chi connectivity index (χ4v) is 1.79. The second-order valence-electron chi connectivity index (χ2n) is 4.99. The third-order valence-electron chi connectivity index (χ3n) is 3.12. The Balaban J connectivity index is 3.03. The molecule has 0 saturated heterocycles. The van der Waals surface area contributed by atoms with Crippen LogP contribution >= 0.6 is 11.6 Å². The lowest BCUT2D eigenvalue weighted by Gasteiger charge is -2.12. The molecule has 0 heterocycles. The van der Waals surface area contributed by atoms with Crippen molar-refractivity contribution in [2.75, 3.05) is 13.6 Å². The lowest BCUT2D eigenvalue weighted by Crippen LogP contribution is -2.14. The summed E-state index contributed by atoms with van der Waals surface area (Å²) in [5.74, 6) is 0.189. The number of allylic oxidation sites excluding steroid dienone is 5. The Kier molecular flexibility index (Phi) is 7.55. The van der Waals surface area contributed by atoms with Crippen LogP contribution < -0.4 is 4.74 Å². The maximum atomic E-state index is 13.8. The zero-order valence-electron chi connectivity index (χ0n) is 13.9. The van der Waals surface area contributed by atoms with Crippen molar-refractivity contribution in [3.8, 4) is 5.75 Å². The molecule has 0 aliphatic heterocycles. The molecule has 0 aromatic heterocycles. The Bertz CT molecular complexity index is 651. The van der Waals surface area contributed by atoms with Gasteiger partial charge in [-0.1, -0.05) is 30.3 Å². The van der Waals surface area contributed by atoms with E-state index in [1.807, 2.05) is 31.9 Å². The van der Waals surface area contributed by atoms with Gasteiger partial charge in [-0.05, 0) is 38.5 Å². The molecule has 1 aromatic carbocycles.